The van der Waals surface area contributed by atoms with E-state index in [2.05, 4.69) is 46.8 Å². The van der Waals surface area contributed by atoms with Crippen LogP contribution in [0.25, 0.3) is 21.2 Å². The average Bonchev–Trinajstić information content (AvgIpc) is 3.70. The zero-order chi connectivity index (χ0) is 30.8. The summed E-state index contributed by atoms with van der Waals surface area (Å²) in [5, 5.41) is 30.1. The van der Waals surface area contributed by atoms with Crippen LogP contribution >= 0.6 is 23.1 Å². The first kappa shape index (κ1) is 30.6. The van der Waals surface area contributed by atoms with E-state index < -0.39 is 5.82 Å². The molecule has 43 heavy (non-hydrogen) atoms. The van der Waals surface area contributed by atoms with E-state index in [9.17, 15) is 5.26 Å². The van der Waals surface area contributed by atoms with Gasteiger partial charge in [-0.15, -0.1) is 11.3 Å². The lowest BCUT2D eigenvalue weighted by Crippen LogP contribution is -2.28. The molecule has 0 amide bonds. The molecule has 13 heteroatoms. The molecule has 1 unspecified atom stereocenters. The number of nitrogens with two attached hydrogens (primary N) is 2. The number of fused-ring (bicyclic) bond motifs is 2. The van der Waals surface area contributed by atoms with E-state index in [1.165, 1.54) is 6.07 Å². The minimum absolute atomic E-state index is 0.0151. The largest absolute Gasteiger partial charge is 0.389 e. The molecule has 0 radical (unpaired) electrons. The number of nitriles is 1. The van der Waals surface area contributed by atoms with E-state index in [4.69, 9.17) is 27.0 Å². The Kier molecular flexibility index (Phi) is 9.12. The van der Waals surface area contributed by atoms with Crippen molar-refractivity contribution < 1.29 is 9.13 Å². The second kappa shape index (κ2) is 12.8. The number of benzene rings is 2. The van der Waals surface area contributed by atoms with E-state index in [0.29, 0.717) is 48.1 Å². The second-order valence-corrected chi connectivity index (χ2v) is 12.8. The summed E-state index contributed by atoms with van der Waals surface area (Å²) in [6.07, 6.45) is 1.73. The molecule has 2 aliphatic rings. The number of nitrogens with one attached hydrogen (secondary N) is 3. The van der Waals surface area contributed by atoms with Gasteiger partial charge in [-0.25, -0.2) is 9.38 Å². The van der Waals surface area contributed by atoms with Crippen molar-refractivity contribution in [2.45, 2.75) is 39.9 Å². The number of halogens is 1. The maximum absolute atomic E-state index is 15.0. The predicted molar refractivity (Wildman–Crippen MR) is 176 cm³/mol. The van der Waals surface area contributed by atoms with Crippen LogP contribution in [0.3, 0.4) is 0 Å². The number of likely N-dealkylation sites (tertiary alicyclic amines) is 1. The summed E-state index contributed by atoms with van der Waals surface area (Å²) >= 11 is 1.92. The van der Waals surface area contributed by atoms with E-state index in [1.807, 2.05) is 0 Å². The number of hydrogen-bond acceptors (Lipinski definition) is 10. The van der Waals surface area contributed by atoms with Crippen molar-refractivity contribution in [3.8, 4) is 17.2 Å². The van der Waals surface area contributed by atoms with Crippen molar-refractivity contribution in [3.63, 3.8) is 0 Å². The van der Waals surface area contributed by atoms with Gasteiger partial charge in [-0.1, -0.05) is 19.9 Å². The number of ether oxygens (including phenoxy) is 1. The van der Waals surface area contributed by atoms with Crippen LogP contribution in [-0.4, -0.2) is 54.0 Å². The van der Waals surface area contributed by atoms with Gasteiger partial charge in [-0.3, -0.25) is 20.7 Å². The third-order valence-electron chi connectivity index (χ3n) is 7.83. The van der Waals surface area contributed by atoms with Crippen LogP contribution in [0.5, 0.6) is 0 Å². The first-order valence-corrected chi connectivity index (χ1v) is 15.6. The summed E-state index contributed by atoms with van der Waals surface area (Å²) < 4.78 is 21.4. The number of amidine groups is 2. The zero-order valence-corrected chi connectivity index (χ0v) is 25.8. The Bertz CT molecular complexity index is 1710. The number of nitrogen functional groups attached to an aromatic ring is 1. The SMILES string of the molecule is C=NC(=NCC(=N)SC(=N)N)c1c2c(c(-c3ccc(F)c4sc(N)c(C#N)c34)c(CC)c1NCN1CCC(C)C1)COC2. The lowest BCUT2D eigenvalue weighted by molar-refractivity contribution is 0.134. The first-order chi connectivity index (χ1) is 20.7. The summed E-state index contributed by atoms with van der Waals surface area (Å²) in [5.41, 5.74) is 17.9. The third-order valence-corrected chi connectivity index (χ3v) is 9.46. The highest BCUT2D eigenvalue weighted by molar-refractivity contribution is 8.26. The second-order valence-electron chi connectivity index (χ2n) is 10.7. The predicted octanol–water partition coefficient (Wildman–Crippen LogP) is 5.52. The Morgan fingerprint density at radius 1 is 1.35 bits per heavy atom. The fourth-order valence-electron chi connectivity index (χ4n) is 5.99. The Morgan fingerprint density at radius 2 is 2.12 bits per heavy atom. The molecule has 1 fully saturated rings. The molecule has 224 valence electrons. The Balaban J connectivity index is 1.77. The lowest BCUT2D eigenvalue weighted by Gasteiger charge is -2.26. The Labute approximate surface area is 258 Å². The topological polar surface area (TPSA) is 173 Å². The van der Waals surface area contributed by atoms with Crippen molar-refractivity contribution in [1.82, 2.24) is 4.90 Å². The number of anilines is 2. The molecule has 5 rings (SSSR count). The monoisotopic (exact) mass is 619 g/mol. The van der Waals surface area contributed by atoms with Crippen LogP contribution < -0.4 is 16.8 Å². The summed E-state index contributed by atoms with van der Waals surface area (Å²) in [7, 11) is 0. The lowest BCUT2D eigenvalue weighted by atomic mass is 9.84. The first-order valence-electron chi connectivity index (χ1n) is 13.9. The van der Waals surface area contributed by atoms with Crippen LogP contribution in [0.1, 0.15) is 48.1 Å². The number of nitrogens with zero attached hydrogens (tertiary/aromatic N) is 4. The van der Waals surface area contributed by atoms with Crippen molar-refractivity contribution in [2.24, 2.45) is 21.6 Å². The molecule has 7 N–H and O–H groups in total. The number of aliphatic imine (C=N–C) groups is 2. The van der Waals surface area contributed by atoms with Gasteiger partial charge >= 0.3 is 0 Å². The Hall–Kier alpha value is -3.83. The molecule has 3 aromatic rings. The summed E-state index contributed by atoms with van der Waals surface area (Å²) in [5.74, 6) is 0.543. The summed E-state index contributed by atoms with van der Waals surface area (Å²) in [6, 6.07) is 5.35. The minimum atomic E-state index is -0.419. The molecule has 0 aliphatic carbocycles. The van der Waals surface area contributed by atoms with Gasteiger partial charge in [-0.2, -0.15) is 5.26 Å². The molecule has 2 aliphatic heterocycles. The van der Waals surface area contributed by atoms with Gasteiger partial charge in [-0.05, 0) is 71.1 Å². The fourth-order valence-corrected chi connectivity index (χ4v) is 7.34. The van der Waals surface area contributed by atoms with Gasteiger partial charge in [0.05, 0.1) is 47.4 Å². The normalized spacial score (nSPS) is 16.8. The molecule has 1 atom stereocenters. The van der Waals surface area contributed by atoms with Crippen LogP contribution in [0.2, 0.25) is 0 Å². The number of thiophene rings is 1. The number of rotatable bonds is 8. The van der Waals surface area contributed by atoms with Gasteiger partial charge in [0.25, 0.3) is 0 Å². The average molecular weight is 620 g/mol. The smallest absolute Gasteiger partial charge is 0.157 e. The van der Waals surface area contributed by atoms with Gasteiger partial charge in [0.15, 0.2) is 11.0 Å². The number of hydrogen-bond donors (Lipinski definition) is 5. The van der Waals surface area contributed by atoms with Crippen molar-refractivity contribution in [1.29, 1.82) is 16.1 Å². The van der Waals surface area contributed by atoms with Gasteiger partial charge in [0, 0.05) is 24.0 Å². The molecule has 10 nitrogen and oxygen atoms in total. The van der Waals surface area contributed by atoms with Crippen LogP contribution in [-0.2, 0) is 24.4 Å². The summed E-state index contributed by atoms with van der Waals surface area (Å²) in [6.45, 7) is 11.3. The van der Waals surface area contributed by atoms with Crippen LogP contribution in [0.4, 0.5) is 15.1 Å². The van der Waals surface area contributed by atoms with Crippen molar-refractivity contribution in [3.05, 3.63) is 45.8 Å². The molecule has 3 heterocycles. The summed E-state index contributed by atoms with van der Waals surface area (Å²) in [4.78, 5) is 11.3. The van der Waals surface area contributed by atoms with E-state index in [1.54, 1.807) is 6.07 Å². The number of thioether (sulfide) groups is 1. The van der Waals surface area contributed by atoms with E-state index in [-0.39, 0.29) is 27.3 Å². The minimum Gasteiger partial charge on any atom is -0.389 e. The standard InChI is InChI=1S/C30H34FN9OS2/c1-4-16-23(17-5-6-21(31)27-24(17)18(9-32)28(34)43-27)19-12-41-13-20(19)25(26(16)39-14-40-8-7-15(2)11-40)29(37-3)38-10-22(33)42-30(35)36/h5-6,15,33,39H,3-4,7-8,10-14,34H2,1-2H3,(H3,35,36). The van der Waals surface area contributed by atoms with Gasteiger partial charge in [0.2, 0.25) is 0 Å². The highest BCUT2D eigenvalue weighted by atomic mass is 32.2. The molecular formula is C30H34FN9OS2. The maximum Gasteiger partial charge on any atom is 0.157 e. The zero-order valence-electron chi connectivity index (χ0n) is 24.1. The molecular weight excluding hydrogens is 586 g/mol. The van der Waals surface area contributed by atoms with Crippen LogP contribution in [0.15, 0.2) is 22.1 Å². The maximum atomic E-state index is 15.0. The van der Waals surface area contributed by atoms with Crippen molar-refractivity contribution >= 4 is 66.6 Å². The van der Waals surface area contributed by atoms with E-state index in [0.717, 1.165) is 81.7 Å². The molecule has 0 saturated carbocycles. The third kappa shape index (κ3) is 5.88. The van der Waals surface area contributed by atoms with Gasteiger partial charge < -0.3 is 21.5 Å². The van der Waals surface area contributed by atoms with E-state index >= 15 is 4.39 Å². The molecule has 0 spiro atoms. The van der Waals surface area contributed by atoms with Gasteiger partial charge in [0.1, 0.15) is 16.9 Å². The van der Waals surface area contributed by atoms with Crippen molar-refractivity contribution in [2.75, 3.05) is 37.4 Å². The molecule has 1 saturated heterocycles. The Morgan fingerprint density at radius 3 is 2.77 bits per heavy atom. The molecule has 2 aromatic carbocycles. The molecule has 0 bridgehead atoms. The molecule has 1 aromatic heterocycles. The highest BCUT2D eigenvalue weighted by Crippen LogP contribution is 2.48. The highest BCUT2D eigenvalue weighted by Gasteiger charge is 2.32. The quantitative estimate of drug-likeness (QED) is 0.163. The van der Waals surface area contributed by atoms with Crippen LogP contribution in [0, 0.1) is 33.9 Å². The fraction of sp³-hybridized carbons (Fsp3) is 0.367.